The van der Waals surface area contributed by atoms with Gasteiger partial charge in [0, 0.05) is 11.8 Å². The van der Waals surface area contributed by atoms with E-state index in [1.807, 2.05) is 43.3 Å². The second kappa shape index (κ2) is 6.52. The van der Waals surface area contributed by atoms with Crippen LogP contribution >= 0.6 is 0 Å². The highest BCUT2D eigenvalue weighted by Crippen LogP contribution is 2.12. The van der Waals surface area contributed by atoms with Gasteiger partial charge >= 0.3 is 0 Å². The number of nitrogens with zero attached hydrogens (tertiary/aromatic N) is 1. The first kappa shape index (κ1) is 13.8. The zero-order valence-corrected chi connectivity index (χ0v) is 11.5. The van der Waals surface area contributed by atoms with Crippen LogP contribution in [-0.2, 0) is 4.79 Å². The number of pyridine rings is 1. The number of methoxy groups -OCH3 is 1. The first-order chi connectivity index (χ1) is 9.67. The van der Waals surface area contributed by atoms with E-state index in [-0.39, 0.29) is 5.91 Å². The van der Waals surface area contributed by atoms with Gasteiger partial charge in [0.1, 0.15) is 11.6 Å². The summed E-state index contributed by atoms with van der Waals surface area (Å²) in [6.45, 7) is 1.88. The molecule has 0 aliphatic heterocycles. The fraction of sp³-hybridized carbons (Fsp3) is 0.125. The summed E-state index contributed by atoms with van der Waals surface area (Å²) < 4.78 is 5.07. The minimum absolute atomic E-state index is 0.209. The molecule has 0 saturated heterocycles. The molecular weight excluding hydrogens is 252 g/mol. The van der Waals surface area contributed by atoms with Crippen molar-refractivity contribution >= 4 is 17.8 Å². The lowest BCUT2D eigenvalue weighted by Gasteiger charge is -2.02. The Hall–Kier alpha value is -2.62. The number of rotatable bonds is 4. The van der Waals surface area contributed by atoms with Crippen molar-refractivity contribution in [3.63, 3.8) is 0 Å². The molecule has 1 N–H and O–H groups in total. The van der Waals surface area contributed by atoms with Crippen LogP contribution in [0.15, 0.2) is 48.5 Å². The summed E-state index contributed by atoms with van der Waals surface area (Å²) in [7, 11) is 1.62. The number of aromatic nitrogens is 1. The summed E-state index contributed by atoms with van der Waals surface area (Å²) in [5.41, 5.74) is 1.79. The number of carbonyl (C=O) groups excluding carboxylic acids is 1. The predicted octanol–water partition coefficient (Wildman–Crippen LogP) is 3.05. The number of ether oxygens (including phenoxy) is 1. The van der Waals surface area contributed by atoms with Gasteiger partial charge in [0.05, 0.1) is 7.11 Å². The average Bonchev–Trinajstić information content (AvgIpc) is 2.46. The molecular formula is C16H16N2O2. The van der Waals surface area contributed by atoms with E-state index >= 15 is 0 Å². The smallest absolute Gasteiger partial charge is 0.249 e. The summed E-state index contributed by atoms with van der Waals surface area (Å²) in [6, 6.07) is 12.9. The Morgan fingerprint density at radius 3 is 2.60 bits per heavy atom. The minimum Gasteiger partial charge on any atom is -0.497 e. The van der Waals surface area contributed by atoms with Gasteiger partial charge in [-0.05, 0) is 42.8 Å². The van der Waals surface area contributed by atoms with Gasteiger partial charge in [-0.3, -0.25) is 4.79 Å². The number of amides is 1. The third-order valence-electron chi connectivity index (χ3n) is 2.68. The van der Waals surface area contributed by atoms with E-state index in [9.17, 15) is 4.79 Å². The maximum absolute atomic E-state index is 11.8. The highest BCUT2D eigenvalue weighted by molar-refractivity contribution is 6.01. The normalized spacial score (nSPS) is 10.5. The Kier molecular flexibility index (Phi) is 4.50. The molecule has 4 heteroatoms. The van der Waals surface area contributed by atoms with Crippen LogP contribution in [0.25, 0.3) is 6.08 Å². The lowest BCUT2D eigenvalue weighted by atomic mass is 10.2. The standard InChI is InChI=1S/C16H16N2O2/c1-12-4-3-5-15(17-12)18-16(19)11-8-13-6-9-14(20-2)10-7-13/h3-11H,1-2H3,(H,17,18,19). The quantitative estimate of drug-likeness (QED) is 0.867. The average molecular weight is 268 g/mol. The van der Waals surface area contributed by atoms with Crippen molar-refractivity contribution < 1.29 is 9.53 Å². The lowest BCUT2D eigenvalue weighted by molar-refractivity contribution is -0.111. The topological polar surface area (TPSA) is 51.2 Å². The highest BCUT2D eigenvalue weighted by atomic mass is 16.5. The van der Waals surface area contributed by atoms with E-state index in [2.05, 4.69) is 10.3 Å². The SMILES string of the molecule is COc1ccc(C=CC(=O)Nc2cccc(C)n2)cc1. The number of hydrogen-bond donors (Lipinski definition) is 1. The summed E-state index contributed by atoms with van der Waals surface area (Å²) >= 11 is 0. The molecule has 0 fully saturated rings. The Morgan fingerprint density at radius 2 is 1.95 bits per heavy atom. The van der Waals surface area contributed by atoms with Crippen LogP contribution in [-0.4, -0.2) is 18.0 Å². The maximum Gasteiger partial charge on any atom is 0.249 e. The van der Waals surface area contributed by atoms with Crippen molar-refractivity contribution in [2.45, 2.75) is 6.92 Å². The summed E-state index contributed by atoms with van der Waals surface area (Å²) in [4.78, 5) is 16.0. The van der Waals surface area contributed by atoms with Crippen LogP contribution in [0.4, 0.5) is 5.82 Å². The van der Waals surface area contributed by atoms with Gasteiger partial charge in [-0.15, -0.1) is 0 Å². The summed E-state index contributed by atoms with van der Waals surface area (Å²) in [5.74, 6) is 1.13. The largest absolute Gasteiger partial charge is 0.497 e. The number of hydrogen-bond acceptors (Lipinski definition) is 3. The van der Waals surface area contributed by atoms with E-state index in [0.717, 1.165) is 17.0 Å². The van der Waals surface area contributed by atoms with Gasteiger partial charge in [-0.2, -0.15) is 0 Å². The van der Waals surface area contributed by atoms with E-state index in [0.29, 0.717) is 5.82 Å². The molecule has 0 aliphatic carbocycles. The minimum atomic E-state index is -0.209. The molecule has 2 aromatic rings. The molecule has 1 aromatic carbocycles. The van der Waals surface area contributed by atoms with Crippen LogP contribution in [0.5, 0.6) is 5.75 Å². The van der Waals surface area contributed by atoms with Crippen molar-refractivity contribution in [3.05, 3.63) is 59.8 Å². The molecule has 1 aromatic heterocycles. The van der Waals surface area contributed by atoms with E-state index < -0.39 is 0 Å². The predicted molar refractivity (Wildman–Crippen MR) is 79.6 cm³/mol. The van der Waals surface area contributed by atoms with Gasteiger partial charge in [0.2, 0.25) is 5.91 Å². The summed E-state index contributed by atoms with van der Waals surface area (Å²) in [6.07, 6.45) is 3.22. The van der Waals surface area contributed by atoms with Crippen LogP contribution in [0.3, 0.4) is 0 Å². The van der Waals surface area contributed by atoms with Crippen molar-refractivity contribution in [1.82, 2.24) is 4.98 Å². The molecule has 0 spiro atoms. The molecule has 0 atom stereocenters. The Morgan fingerprint density at radius 1 is 1.20 bits per heavy atom. The van der Waals surface area contributed by atoms with E-state index in [1.165, 1.54) is 6.08 Å². The lowest BCUT2D eigenvalue weighted by Crippen LogP contribution is -2.09. The third-order valence-corrected chi connectivity index (χ3v) is 2.68. The molecule has 2 rings (SSSR count). The van der Waals surface area contributed by atoms with Crippen LogP contribution in [0.2, 0.25) is 0 Å². The van der Waals surface area contributed by atoms with Gasteiger partial charge in [-0.25, -0.2) is 4.98 Å². The van der Waals surface area contributed by atoms with Gasteiger partial charge in [0.25, 0.3) is 0 Å². The molecule has 0 aliphatic rings. The molecule has 1 heterocycles. The molecule has 0 radical (unpaired) electrons. The fourth-order valence-electron chi connectivity index (χ4n) is 1.67. The van der Waals surface area contributed by atoms with Crippen LogP contribution in [0, 0.1) is 6.92 Å². The number of carbonyl (C=O) groups is 1. The Labute approximate surface area is 118 Å². The highest BCUT2D eigenvalue weighted by Gasteiger charge is 1.99. The first-order valence-electron chi connectivity index (χ1n) is 6.24. The molecule has 20 heavy (non-hydrogen) atoms. The third kappa shape index (κ3) is 3.95. The molecule has 0 unspecified atom stereocenters. The molecule has 1 amide bonds. The fourth-order valence-corrected chi connectivity index (χ4v) is 1.67. The molecule has 0 saturated carbocycles. The molecule has 0 bridgehead atoms. The van der Waals surface area contributed by atoms with E-state index in [1.54, 1.807) is 19.3 Å². The second-order valence-corrected chi connectivity index (χ2v) is 4.26. The van der Waals surface area contributed by atoms with E-state index in [4.69, 9.17) is 4.74 Å². The van der Waals surface area contributed by atoms with Gasteiger partial charge in [0.15, 0.2) is 0 Å². The van der Waals surface area contributed by atoms with Crippen molar-refractivity contribution in [3.8, 4) is 5.75 Å². The number of benzene rings is 1. The van der Waals surface area contributed by atoms with Gasteiger partial charge < -0.3 is 10.1 Å². The van der Waals surface area contributed by atoms with Crippen molar-refractivity contribution in [1.29, 1.82) is 0 Å². The van der Waals surface area contributed by atoms with Crippen LogP contribution < -0.4 is 10.1 Å². The molecule has 102 valence electrons. The maximum atomic E-state index is 11.8. The zero-order chi connectivity index (χ0) is 14.4. The summed E-state index contributed by atoms with van der Waals surface area (Å²) in [5, 5.41) is 2.71. The van der Waals surface area contributed by atoms with Crippen LogP contribution in [0.1, 0.15) is 11.3 Å². The van der Waals surface area contributed by atoms with Crippen molar-refractivity contribution in [2.75, 3.05) is 12.4 Å². The number of nitrogens with one attached hydrogen (secondary N) is 1. The monoisotopic (exact) mass is 268 g/mol. The van der Waals surface area contributed by atoms with Gasteiger partial charge in [-0.1, -0.05) is 18.2 Å². The number of anilines is 1. The second-order valence-electron chi connectivity index (χ2n) is 4.26. The first-order valence-corrected chi connectivity index (χ1v) is 6.24. The molecule has 4 nitrogen and oxygen atoms in total. The Balaban J connectivity index is 1.98. The number of aryl methyl sites for hydroxylation is 1. The Bertz CT molecular complexity index is 619. The zero-order valence-electron chi connectivity index (χ0n) is 11.5. The van der Waals surface area contributed by atoms with Crippen molar-refractivity contribution in [2.24, 2.45) is 0 Å².